The minimum absolute atomic E-state index is 0.0539. The highest BCUT2D eigenvalue weighted by Gasteiger charge is 2.44. The van der Waals surface area contributed by atoms with E-state index in [0.29, 0.717) is 34.1 Å². The fourth-order valence-corrected chi connectivity index (χ4v) is 3.83. The number of anilines is 2. The lowest BCUT2D eigenvalue weighted by Gasteiger charge is -2.23. The topological polar surface area (TPSA) is 89.1 Å². The quantitative estimate of drug-likeness (QED) is 0.468. The van der Waals surface area contributed by atoms with Gasteiger partial charge in [-0.1, -0.05) is 0 Å². The fourth-order valence-electron chi connectivity index (χ4n) is 2.98. The fraction of sp³-hybridized carbons (Fsp3) is 0.412. The van der Waals surface area contributed by atoms with Crippen LogP contribution in [0.1, 0.15) is 41.4 Å². The summed E-state index contributed by atoms with van der Waals surface area (Å²) in [5.41, 5.74) is 1.81. The summed E-state index contributed by atoms with van der Waals surface area (Å²) in [5.74, 6) is 1.48. The number of carbonyl (C=O) groups is 1. The number of nitrogens with one attached hydrogen (secondary N) is 1. The van der Waals surface area contributed by atoms with Crippen molar-refractivity contribution in [2.24, 2.45) is 7.05 Å². The molecular formula is C17H19IN6O2. The number of hydrogen-bond acceptors (Lipinski definition) is 6. The van der Waals surface area contributed by atoms with Crippen LogP contribution in [0.25, 0.3) is 11.1 Å². The first kappa shape index (κ1) is 17.3. The Bertz CT molecular complexity index is 1020. The Morgan fingerprint density at radius 2 is 2.12 bits per heavy atom. The molecule has 4 rings (SSSR count). The van der Waals surface area contributed by atoms with Crippen LogP contribution in [0.15, 0.2) is 16.9 Å². The highest BCUT2D eigenvalue weighted by molar-refractivity contribution is 14.1. The highest BCUT2D eigenvalue weighted by Crippen LogP contribution is 2.47. The van der Waals surface area contributed by atoms with Gasteiger partial charge in [-0.3, -0.25) is 12.6 Å². The van der Waals surface area contributed by atoms with Crippen LogP contribution in [0, 0.1) is 13.8 Å². The smallest absolute Gasteiger partial charge is 0.261 e. The number of fused-ring (bicyclic) bond motifs is 1. The van der Waals surface area contributed by atoms with E-state index >= 15 is 0 Å². The van der Waals surface area contributed by atoms with Crippen molar-refractivity contribution in [2.75, 3.05) is 8.43 Å². The first-order chi connectivity index (χ1) is 12.3. The lowest BCUT2D eigenvalue weighted by Crippen LogP contribution is -2.26. The second kappa shape index (κ2) is 5.93. The summed E-state index contributed by atoms with van der Waals surface area (Å²) in [4.78, 5) is 21.7. The van der Waals surface area contributed by atoms with Crippen LogP contribution in [0.4, 0.5) is 11.6 Å². The molecule has 26 heavy (non-hydrogen) atoms. The Balaban J connectivity index is 1.80. The third-order valence-electron chi connectivity index (χ3n) is 4.75. The van der Waals surface area contributed by atoms with Crippen molar-refractivity contribution >= 4 is 51.5 Å². The third kappa shape index (κ3) is 2.74. The zero-order valence-corrected chi connectivity index (χ0v) is 17.2. The predicted octanol–water partition coefficient (Wildman–Crippen LogP) is 3.53. The predicted molar refractivity (Wildman–Crippen MR) is 107 cm³/mol. The van der Waals surface area contributed by atoms with E-state index in [4.69, 9.17) is 4.42 Å². The first-order valence-corrected chi connectivity index (χ1v) is 9.28. The molecule has 1 saturated carbocycles. The minimum atomic E-state index is -0.273. The van der Waals surface area contributed by atoms with Crippen LogP contribution in [0.5, 0.6) is 0 Å². The first-order valence-electron chi connectivity index (χ1n) is 8.32. The molecule has 0 spiro atoms. The van der Waals surface area contributed by atoms with Crippen molar-refractivity contribution in [1.82, 2.24) is 19.7 Å². The van der Waals surface area contributed by atoms with Crippen molar-refractivity contribution in [3.05, 3.63) is 29.4 Å². The maximum absolute atomic E-state index is 13.0. The number of aromatic nitrogens is 4. The van der Waals surface area contributed by atoms with Gasteiger partial charge in [-0.25, -0.2) is 9.97 Å². The van der Waals surface area contributed by atoms with Crippen LogP contribution in [-0.4, -0.2) is 31.2 Å². The largest absolute Gasteiger partial charge is 0.442 e. The van der Waals surface area contributed by atoms with E-state index in [1.165, 1.54) is 6.33 Å². The summed E-state index contributed by atoms with van der Waals surface area (Å²) in [6.45, 7) is 5.84. The molecule has 1 N–H and O–H groups in total. The van der Waals surface area contributed by atoms with Gasteiger partial charge in [-0.15, -0.1) is 0 Å². The molecule has 9 heteroatoms. The molecule has 1 aliphatic carbocycles. The van der Waals surface area contributed by atoms with Crippen LogP contribution in [0.3, 0.4) is 0 Å². The summed E-state index contributed by atoms with van der Waals surface area (Å²) >= 11 is 2.26. The number of carbonyl (C=O) groups excluding carboxylic acids is 1. The molecule has 8 nitrogen and oxygen atoms in total. The standard InChI is InChI=1S/C17H19IN6O2/c1-9-7-23(4)22-13(9)21-15(25)11-10(2)26-16-12(11)14(19-8-20-16)24(18)17(3)5-6-17/h7-8H,5-6H2,1-4H3,(H,21,22,25). The Hall–Kier alpha value is -2.17. The van der Waals surface area contributed by atoms with Gasteiger partial charge in [0.1, 0.15) is 12.1 Å². The lowest BCUT2D eigenvalue weighted by molar-refractivity contribution is 0.102. The van der Waals surface area contributed by atoms with Crippen molar-refractivity contribution in [2.45, 2.75) is 39.2 Å². The van der Waals surface area contributed by atoms with Crippen LogP contribution < -0.4 is 8.43 Å². The van der Waals surface area contributed by atoms with Crippen molar-refractivity contribution < 1.29 is 9.21 Å². The van der Waals surface area contributed by atoms with Gasteiger partial charge in [-0.2, -0.15) is 5.10 Å². The summed E-state index contributed by atoms with van der Waals surface area (Å²) in [6, 6.07) is 0. The molecule has 1 amide bonds. The number of rotatable bonds is 4. The molecule has 0 radical (unpaired) electrons. The molecule has 0 unspecified atom stereocenters. The molecule has 3 aromatic rings. The molecule has 1 fully saturated rings. The van der Waals surface area contributed by atoms with Crippen LogP contribution in [-0.2, 0) is 7.05 Å². The molecule has 136 valence electrons. The van der Waals surface area contributed by atoms with Crippen molar-refractivity contribution in [1.29, 1.82) is 0 Å². The number of furan rings is 1. The minimum Gasteiger partial charge on any atom is -0.442 e. The van der Waals surface area contributed by atoms with E-state index in [9.17, 15) is 4.79 Å². The Labute approximate surface area is 164 Å². The van der Waals surface area contributed by atoms with Gasteiger partial charge >= 0.3 is 0 Å². The Morgan fingerprint density at radius 3 is 2.73 bits per heavy atom. The van der Waals surface area contributed by atoms with Crippen LogP contribution >= 0.6 is 22.9 Å². The van der Waals surface area contributed by atoms with E-state index in [-0.39, 0.29) is 11.4 Å². The number of nitrogens with zero attached hydrogens (tertiary/aromatic N) is 5. The Morgan fingerprint density at radius 1 is 1.38 bits per heavy atom. The third-order valence-corrected chi connectivity index (χ3v) is 6.37. The number of hydrogen-bond donors (Lipinski definition) is 1. The highest BCUT2D eigenvalue weighted by atomic mass is 127. The van der Waals surface area contributed by atoms with Gasteiger partial charge in [0, 0.05) is 24.3 Å². The lowest BCUT2D eigenvalue weighted by atomic mass is 10.1. The maximum atomic E-state index is 13.0. The summed E-state index contributed by atoms with van der Waals surface area (Å²) < 4.78 is 9.51. The molecule has 1 aliphatic rings. The number of amides is 1. The normalized spacial score (nSPS) is 15.3. The molecule has 0 saturated heterocycles. The number of aryl methyl sites for hydroxylation is 3. The maximum Gasteiger partial charge on any atom is 0.261 e. The molecule has 0 atom stereocenters. The van der Waals surface area contributed by atoms with Gasteiger partial charge in [0.15, 0.2) is 11.6 Å². The molecule has 3 aromatic heterocycles. The van der Waals surface area contributed by atoms with Gasteiger partial charge in [0.25, 0.3) is 5.91 Å². The average Bonchev–Trinajstić information content (AvgIpc) is 3.12. The molecule has 0 aliphatic heterocycles. The van der Waals surface area contributed by atoms with Gasteiger partial charge in [-0.05, 0) is 33.6 Å². The molecule has 0 aromatic carbocycles. The van der Waals surface area contributed by atoms with E-state index in [1.807, 2.05) is 20.2 Å². The van der Waals surface area contributed by atoms with E-state index in [2.05, 4.69) is 53.3 Å². The van der Waals surface area contributed by atoms with E-state index in [1.54, 1.807) is 11.6 Å². The summed E-state index contributed by atoms with van der Waals surface area (Å²) in [6.07, 6.45) is 5.51. The zero-order chi connectivity index (χ0) is 18.6. The van der Waals surface area contributed by atoms with E-state index in [0.717, 1.165) is 18.4 Å². The van der Waals surface area contributed by atoms with Crippen LogP contribution in [0.2, 0.25) is 0 Å². The molecule has 3 heterocycles. The van der Waals surface area contributed by atoms with Crippen molar-refractivity contribution in [3.8, 4) is 0 Å². The average molecular weight is 466 g/mol. The van der Waals surface area contributed by atoms with Gasteiger partial charge < -0.3 is 9.73 Å². The van der Waals surface area contributed by atoms with E-state index < -0.39 is 0 Å². The van der Waals surface area contributed by atoms with Crippen molar-refractivity contribution in [3.63, 3.8) is 0 Å². The Kier molecular flexibility index (Phi) is 3.94. The monoisotopic (exact) mass is 466 g/mol. The van der Waals surface area contributed by atoms with Gasteiger partial charge in [0.05, 0.1) is 33.8 Å². The second-order valence-corrected chi connectivity index (χ2v) is 7.94. The zero-order valence-electron chi connectivity index (χ0n) is 15.0. The summed E-state index contributed by atoms with van der Waals surface area (Å²) in [5, 5.41) is 7.80. The SMILES string of the molecule is Cc1cn(C)nc1NC(=O)c1c(C)oc2ncnc(N(I)C3(C)CC3)c12. The second-order valence-electron chi connectivity index (χ2n) is 6.98. The molecule has 0 bridgehead atoms. The number of halogens is 1. The van der Waals surface area contributed by atoms with Gasteiger partial charge in [0.2, 0.25) is 5.71 Å². The summed E-state index contributed by atoms with van der Waals surface area (Å²) in [7, 11) is 1.82. The molecular weight excluding hydrogens is 447 g/mol.